The Labute approximate surface area is 143 Å². The topological polar surface area (TPSA) is 44.5 Å². The number of hydrogen-bond acceptors (Lipinski definition) is 4. The number of halogens is 3. The molecule has 3 nitrogen and oxygen atoms in total. The molecule has 0 aliphatic heterocycles. The molecule has 2 N–H and O–H groups in total. The van der Waals surface area contributed by atoms with Crippen molar-refractivity contribution < 1.29 is 9.47 Å². The Kier molecular flexibility index (Phi) is 5.36. The van der Waals surface area contributed by atoms with Crippen LogP contribution >= 0.6 is 54.8 Å². The van der Waals surface area contributed by atoms with E-state index in [-0.39, 0.29) is 6.04 Å². The molecule has 20 heavy (non-hydrogen) atoms. The molecule has 2 rings (SSSR count). The number of hydrogen-bond donors (Lipinski definition) is 1. The molecule has 0 spiro atoms. The third-order valence-corrected chi connectivity index (χ3v) is 5.57. The summed E-state index contributed by atoms with van der Waals surface area (Å²) in [6.45, 7) is 0. The van der Waals surface area contributed by atoms with Gasteiger partial charge in [-0.15, -0.1) is 11.3 Å². The van der Waals surface area contributed by atoms with E-state index in [4.69, 9.17) is 26.8 Å². The number of ether oxygens (including phenoxy) is 2. The predicted octanol–water partition coefficient (Wildman–Crippen LogP) is 4.99. The summed E-state index contributed by atoms with van der Waals surface area (Å²) in [5, 5.41) is 0.546. The lowest BCUT2D eigenvalue weighted by molar-refractivity contribution is 0.354. The molecule has 108 valence electrons. The second-order valence-electron chi connectivity index (χ2n) is 3.99. The van der Waals surface area contributed by atoms with Crippen LogP contribution in [0.5, 0.6) is 11.5 Å². The molecule has 0 amide bonds. The average molecular weight is 442 g/mol. The zero-order chi connectivity index (χ0) is 14.9. The van der Waals surface area contributed by atoms with E-state index in [0.29, 0.717) is 16.5 Å². The first kappa shape index (κ1) is 16.1. The normalized spacial score (nSPS) is 12.3. The van der Waals surface area contributed by atoms with Gasteiger partial charge >= 0.3 is 0 Å². The molecule has 0 saturated carbocycles. The van der Waals surface area contributed by atoms with Crippen LogP contribution in [0.25, 0.3) is 0 Å². The zero-order valence-electron chi connectivity index (χ0n) is 10.7. The van der Waals surface area contributed by atoms with Crippen molar-refractivity contribution in [3.8, 4) is 11.5 Å². The van der Waals surface area contributed by atoms with E-state index in [1.165, 1.54) is 0 Å². The van der Waals surface area contributed by atoms with E-state index in [1.54, 1.807) is 31.6 Å². The lowest BCUT2D eigenvalue weighted by Crippen LogP contribution is -2.12. The van der Waals surface area contributed by atoms with Crippen LogP contribution in [-0.4, -0.2) is 14.2 Å². The Morgan fingerprint density at radius 2 is 1.70 bits per heavy atom. The van der Waals surface area contributed by atoms with Gasteiger partial charge in [-0.1, -0.05) is 11.6 Å². The van der Waals surface area contributed by atoms with Gasteiger partial charge in [0.25, 0.3) is 0 Å². The summed E-state index contributed by atoms with van der Waals surface area (Å²) in [4.78, 5) is 0. The molecule has 2 aromatic rings. The highest BCUT2D eigenvalue weighted by Crippen LogP contribution is 2.41. The molecule has 1 heterocycles. The van der Waals surface area contributed by atoms with Crippen molar-refractivity contribution in [2.45, 2.75) is 6.04 Å². The Morgan fingerprint density at radius 1 is 1.10 bits per heavy atom. The second kappa shape index (κ2) is 6.66. The molecule has 0 aliphatic carbocycles. The monoisotopic (exact) mass is 439 g/mol. The van der Waals surface area contributed by atoms with Gasteiger partial charge in [0, 0.05) is 11.1 Å². The maximum absolute atomic E-state index is 6.32. The Hall–Kier alpha value is -0.270. The highest BCUT2D eigenvalue weighted by Gasteiger charge is 2.20. The summed E-state index contributed by atoms with van der Waals surface area (Å²) in [5.41, 5.74) is 8.08. The highest BCUT2D eigenvalue weighted by atomic mass is 79.9. The Morgan fingerprint density at radius 3 is 2.20 bits per heavy atom. The first-order chi connectivity index (χ1) is 9.47. The standard InChI is InChI=1S/C13H12Br2ClNO2S/c1-18-9-3-6(8(16)5-10(9)19-2)12(17)7-4-11(14)20-13(7)15/h3-5,12H,17H2,1-2H3. The molecule has 1 aromatic carbocycles. The summed E-state index contributed by atoms with van der Waals surface area (Å²) in [6, 6.07) is 5.15. The quantitative estimate of drug-likeness (QED) is 0.727. The first-order valence-corrected chi connectivity index (χ1v) is 8.37. The summed E-state index contributed by atoms with van der Waals surface area (Å²) in [7, 11) is 3.15. The smallest absolute Gasteiger partial charge is 0.162 e. The van der Waals surface area contributed by atoms with Crippen LogP contribution in [0.3, 0.4) is 0 Å². The van der Waals surface area contributed by atoms with Crippen molar-refractivity contribution in [1.82, 2.24) is 0 Å². The van der Waals surface area contributed by atoms with E-state index >= 15 is 0 Å². The van der Waals surface area contributed by atoms with E-state index in [0.717, 1.165) is 18.7 Å². The van der Waals surface area contributed by atoms with Gasteiger partial charge in [-0.05, 0) is 55.1 Å². The minimum Gasteiger partial charge on any atom is -0.493 e. The largest absolute Gasteiger partial charge is 0.493 e. The van der Waals surface area contributed by atoms with Crippen LogP contribution in [0.1, 0.15) is 17.2 Å². The molecular weight excluding hydrogens is 429 g/mol. The first-order valence-electron chi connectivity index (χ1n) is 5.59. The van der Waals surface area contributed by atoms with Crippen molar-refractivity contribution in [3.05, 3.63) is 41.9 Å². The summed E-state index contributed by atoms with van der Waals surface area (Å²) in [5.74, 6) is 1.19. The molecular formula is C13H12Br2ClNO2S. The van der Waals surface area contributed by atoms with Gasteiger partial charge in [0.15, 0.2) is 11.5 Å². The summed E-state index contributed by atoms with van der Waals surface area (Å²) >= 11 is 14.8. The number of rotatable bonds is 4. The van der Waals surface area contributed by atoms with Crippen molar-refractivity contribution in [3.63, 3.8) is 0 Å². The van der Waals surface area contributed by atoms with E-state index < -0.39 is 0 Å². The molecule has 1 unspecified atom stereocenters. The Balaban J connectivity index is 2.49. The summed E-state index contributed by atoms with van der Waals surface area (Å²) < 4.78 is 12.5. The number of methoxy groups -OCH3 is 2. The van der Waals surface area contributed by atoms with E-state index in [2.05, 4.69) is 31.9 Å². The fraction of sp³-hybridized carbons (Fsp3) is 0.231. The molecule has 0 fully saturated rings. The van der Waals surface area contributed by atoms with Gasteiger partial charge in [-0.25, -0.2) is 0 Å². The molecule has 0 radical (unpaired) electrons. The molecule has 7 heteroatoms. The maximum atomic E-state index is 6.32. The fourth-order valence-electron chi connectivity index (χ4n) is 1.84. The van der Waals surface area contributed by atoms with Gasteiger partial charge in [-0.3, -0.25) is 0 Å². The SMILES string of the molecule is COc1cc(Cl)c(C(N)c2cc(Br)sc2Br)cc1OC. The van der Waals surface area contributed by atoms with Crippen molar-refractivity contribution in [1.29, 1.82) is 0 Å². The number of thiophene rings is 1. The third-order valence-electron chi connectivity index (χ3n) is 2.86. The maximum Gasteiger partial charge on any atom is 0.162 e. The van der Waals surface area contributed by atoms with Crippen molar-refractivity contribution in [2.75, 3.05) is 14.2 Å². The van der Waals surface area contributed by atoms with Crippen LogP contribution in [0.2, 0.25) is 5.02 Å². The Bertz CT molecular complexity index is 633. The van der Waals surface area contributed by atoms with Gasteiger partial charge in [0.2, 0.25) is 0 Å². The van der Waals surface area contributed by atoms with Crippen LogP contribution < -0.4 is 15.2 Å². The number of benzene rings is 1. The minimum absolute atomic E-state index is 0.348. The molecule has 0 aliphatic rings. The lowest BCUT2D eigenvalue weighted by Gasteiger charge is -2.16. The van der Waals surface area contributed by atoms with Gasteiger partial charge in [0.05, 0.1) is 27.8 Å². The van der Waals surface area contributed by atoms with Gasteiger partial charge in [0.1, 0.15) is 0 Å². The van der Waals surface area contributed by atoms with Crippen molar-refractivity contribution in [2.24, 2.45) is 5.73 Å². The lowest BCUT2D eigenvalue weighted by atomic mass is 10.0. The summed E-state index contributed by atoms with van der Waals surface area (Å²) in [6.07, 6.45) is 0. The van der Waals surface area contributed by atoms with Crippen LogP contribution in [0.4, 0.5) is 0 Å². The van der Waals surface area contributed by atoms with Gasteiger partial charge in [-0.2, -0.15) is 0 Å². The molecule has 1 aromatic heterocycles. The van der Waals surface area contributed by atoms with Crippen LogP contribution in [-0.2, 0) is 0 Å². The predicted molar refractivity (Wildman–Crippen MR) is 90.3 cm³/mol. The van der Waals surface area contributed by atoms with Gasteiger partial charge < -0.3 is 15.2 Å². The molecule has 1 atom stereocenters. The average Bonchev–Trinajstić information content (AvgIpc) is 2.76. The van der Waals surface area contributed by atoms with E-state index in [9.17, 15) is 0 Å². The molecule has 0 bridgehead atoms. The van der Waals surface area contributed by atoms with E-state index in [1.807, 2.05) is 12.1 Å². The van der Waals surface area contributed by atoms with Crippen LogP contribution in [0.15, 0.2) is 25.8 Å². The van der Waals surface area contributed by atoms with Crippen molar-refractivity contribution >= 4 is 54.8 Å². The second-order valence-corrected chi connectivity index (χ2v) is 8.14. The molecule has 0 saturated heterocycles. The highest BCUT2D eigenvalue weighted by molar-refractivity contribution is 9.12. The van der Waals surface area contributed by atoms with Crippen LogP contribution in [0, 0.1) is 0 Å². The number of nitrogens with two attached hydrogens (primary N) is 1. The minimum atomic E-state index is -0.348. The fourth-order valence-corrected chi connectivity index (χ4v) is 5.04. The third kappa shape index (κ3) is 3.14. The zero-order valence-corrected chi connectivity index (χ0v) is 15.5.